The first-order valence-electron chi connectivity index (χ1n) is 6.32. The number of benzene rings is 1. The zero-order valence-electron chi connectivity index (χ0n) is 11.5. The van der Waals surface area contributed by atoms with E-state index in [1.54, 1.807) is 11.3 Å². The Morgan fingerprint density at radius 3 is 2.47 bits per heavy atom. The van der Waals surface area contributed by atoms with Crippen LogP contribution in [-0.4, -0.2) is 17.4 Å². The molecule has 1 amide bonds. The van der Waals surface area contributed by atoms with Crippen LogP contribution in [0.3, 0.4) is 0 Å². The van der Waals surface area contributed by atoms with Gasteiger partial charge < -0.3 is 5.32 Å². The summed E-state index contributed by atoms with van der Waals surface area (Å²) in [6.45, 7) is 6.61. The molecule has 2 rings (SSSR count). The van der Waals surface area contributed by atoms with Crippen LogP contribution < -0.4 is 5.32 Å². The molecule has 1 aromatic heterocycles. The summed E-state index contributed by atoms with van der Waals surface area (Å²) in [5.74, 6) is -0.0150. The summed E-state index contributed by atoms with van der Waals surface area (Å²) in [4.78, 5) is 16.4. The number of hydrogen-bond donors (Lipinski definition) is 1. The first-order chi connectivity index (χ1) is 9.04. The second kappa shape index (κ2) is 5.97. The number of hydrogen-bond acceptors (Lipinski definition) is 3. The lowest BCUT2D eigenvalue weighted by atomic mass is 10.1. The molecular weight excluding hydrogens is 256 g/mol. The first kappa shape index (κ1) is 13.7. The van der Waals surface area contributed by atoms with Crippen molar-refractivity contribution in [3.8, 4) is 0 Å². The number of nitrogens with one attached hydrogen (secondary N) is 1. The minimum Gasteiger partial charge on any atom is -0.352 e. The first-order valence-corrected chi connectivity index (χ1v) is 7.20. The van der Waals surface area contributed by atoms with E-state index in [1.807, 2.05) is 38.3 Å². The topological polar surface area (TPSA) is 42.0 Å². The van der Waals surface area contributed by atoms with E-state index in [1.165, 1.54) is 0 Å². The third-order valence-corrected chi connectivity index (χ3v) is 3.64. The second-order valence-electron chi connectivity index (χ2n) is 4.74. The van der Waals surface area contributed by atoms with Crippen molar-refractivity contribution in [1.29, 1.82) is 0 Å². The van der Waals surface area contributed by atoms with E-state index in [0.717, 1.165) is 33.8 Å². The largest absolute Gasteiger partial charge is 0.352 e. The molecule has 1 heterocycles. The van der Waals surface area contributed by atoms with Crippen molar-refractivity contribution in [2.45, 2.75) is 27.2 Å². The molecule has 1 aromatic carbocycles. The van der Waals surface area contributed by atoms with Gasteiger partial charge >= 0.3 is 0 Å². The standard InChI is InChI=1S/C15H18N2OS/c1-10-6-11(2)8-13(7-10)15(18)16-5-4-14-9-19-12(3)17-14/h6-9H,4-5H2,1-3H3,(H,16,18). The molecule has 0 fully saturated rings. The Labute approximate surface area is 117 Å². The molecule has 0 bridgehead atoms. The van der Waals surface area contributed by atoms with E-state index in [-0.39, 0.29) is 5.91 Å². The summed E-state index contributed by atoms with van der Waals surface area (Å²) in [6, 6.07) is 5.89. The average Bonchev–Trinajstić information content (AvgIpc) is 2.73. The van der Waals surface area contributed by atoms with Crippen LogP contribution in [-0.2, 0) is 6.42 Å². The van der Waals surface area contributed by atoms with Gasteiger partial charge in [-0.3, -0.25) is 4.79 Å². The maximum atomic E-state index is 12.0. The predicted molar refractivity (Wildman–Crippen MR) is 78.8 cm³/mol. The molecule has 100 valence electrons. The molecule has 1 N–H and O–H groups in total. The second-order valence-corrected chi connectivity index (χ2v) is 5.80. The zero-order valence-corrected chi connectivity index (χ0v) is 12.3. The Bertz CT molecular complexity index is 569. The fourth-order valence-corrected chi connectivity index (χ4v) is 2.68. The summed E-state index contributed by atoms with van der Waals surface area (Å²) in [5.41, 5.74) is 4.00. The highest BCUT2D eigenvalue weighted by molar-refractivity contribution is 7.09. The fraction of sp³-hybridized carbons (Fsp3) is 0.333. The Morgan fingerprint density at radius 2 is 1.89 bits per heavy atom. The average molecular weight is 274 g/mol. The third kappa shape index (κ3) is 3.89. The van der Waals surface area contributed by atoms with Gasteiger partial charge in [0.1, 0.15) is 0 Å². The van der Waals surface area contributed by atoms with E-state index in [0.29, 0.717) is 6.54 Å². The van der Waals surface area contributed by atoms with Gasteiger partial charge in [0.25, 0.3) is 5.91 Å². The van der Waals surface area contributed by atoms with E-state index in [9.17, 15) is 4.79 Å². The molecule has 0 unspecified atom stereocenters. The number of aromatic nitrogens is 1. The molecule has 0 spiro atoms. The molecule has 0 saturated heterocycles. The van der Waals surface area contributed by atoms with Crippen LogP contribution in [0, 0.1) is 20.8 Å². The molecular formula is C15H18N2OS. The Balaban J connectivity index is 1.90. The summed E-state index contributed by atoms with van der Waals surface area (Å²) in [6.07, 6.45) is 0.779. The van der Waals surface area contributed by atoms with Gasteiger partial charge in [0.15, 0.2) is 0 Å². The summed E-state index contributed by atoms with van der Waals surface area (Å²) in [7, 11) is 0. The molecule has 4 heteroatoms. The lowest BCUT2D eigenvalue weighted by Crippen LogP contribution is -2.25. The van der Waals surface area contributed by atoms with Crippen molar-refractivity contribution in [3.05, 3.63) is 51.0 Å². The number of nitrogens with zero attached hydrogens (tertiary/aromatic N) is 1. The number of carbonyl (C=O) groups is 1. The number of amides is 1. The number of aryl methyl sites for hydroxylation is 3. The normalized spacial score (nSPS) is 10.5. The Kier molecular flexibility index (Phi) is 4.32. The van der Waals surface area contributed by atoms with Crippen LogP contribution in [0.25, 0.3) is 0 Å². The maximum Gasteiger partial charge on any atom is 0.251 e. The molecule has 0 aliphatic carbocycles. The summed E-state index contributed by atoms with van der Waals surface area (Å²) in [5, 5.41) is 6.04. The van der Waals surface area contributed by atoms with Crippen molar-refractivity contribution in [1.82, 2.24) is 10.3 Å². The van der Waals surface area contributed by atoms with Crippen molar-refractivity contribution < 1.29 is 4.79 Å². The molecule has 0 aliphatic heterocycles. The van der Waals surface area contributed by atoms with E-state index >= 15 is 0 Å². The minimum absolute atomic E-state index is 0.0150. The monoisotopic (exact) mass is 274 g/mol. The molecule has 19 heavy (non-hydrogen) atoms. The molecule has 2 aromatic rings. The van der Waals surface area contributed by atoms with E-state index in [2.05, 4.69) is 16.4 Å². The van der Waals surface area contributed by atoms with E-state index < -0.39 is 0 Å². The van der Waals surface area contributed by atoms with Crippen LogP contribution in [0.4, 0.5) is 0 Å². The van der Waals surface area contributed by atoms with Crippen LogP contribution in [0.2, 0.25) is 0 Å². The van der Waals surface area contributed by atoms with Gasteiger partial charge in [-0.2, -0.15) is 0 Å². The highest BCUT2D eigenvalue weighted by atomic mass is 32.1. The third-order valence-electron chi connectivity index (χ3n) is 2.82. The van der Waals surface area contributed by atoms with Crippen molar-refractivity contribution >= 4 is 17.2 Å². The Morgan fingerprint density at radius 1 is 1.21 bits per heavy atom. The smallest absolute Gasteiger partial charge is 0.251 e. The van der Waals surface area contributed by atoms with Crippen LogP contribution >= 0.6 is 11.3 Å². The predicted octanol–water partition coefficient (Wildman–Crippen LogP) is 3.04. The summed E-state index contributed by atoms with van der Waals surface area (Å²) >= 11 is 1.64. The fourth-order valence-electron chi connectivity index (χ4n) is 2.03. The quantitative estimate of drug-likeness (QED) is 0.931. The number of carbonyl (C=O) groups excluding carboxylic acids is 1. The van der Waals surface area contributed by atoms with Gasteiger partial charge in [-0.25, -0.2) is 4.98 Å². The summed E-state index contributed by atoms with van der Waals surface area (Å²) < 4.78 is 0. The van der Waals surface area contributed by atoms with Crippen LogP contribution in [0.15, 0.2) is 23.6 Å². The van der Waals surface area contributed by atoms with Crippen LogP contribution in [0.1, 0.15) is 32.2 Å². The van der Waals surface area contributed by atoms with Gasteiger partial charge in [-0.1, -0.05) is 17.2 Å². The zero-order chi connectivity index (χ0) is 13.8. The van der Waals surface area contributed by atoms with Crippen molar-refractivity contribution in [3.63, 3.8) is 0 Å². The lowest BCUT2D eigenvalue weighted by molar-refractivity contribution is 0.0954. The van der Waals surface area contributed by atoms with Gasteiger partial charge in [0.2, 0.25) is 0 Å². The van der Waals surface area contributed by atoms with Gasteiger partial charge in [0.05, 0.1) is 10.7 Å². The highest BCUT2D eigenvalue weighted by Crippen LogP contribution is 2.10. The molecule has 0 saturated carbocycles. The minimum atomic E-state index is -0.0150. The Hall–Kier alpha value is -1.68. The van der Waals surface area contributed by atoms with Crippen molar-refractivity contribution in [2.75, 3.05) is 6.54 Å². The lowest BCUT2D eigenvalue weighted by Gasteiger charge is -2.06. The molecule has 0 aliphatic rings. The van der Waals surface area contributed by atoms with Crippen molar-refractivity contribution in [2.24, 2.45) is 0 Å². The SMILES string of the molecule is Cc1cc(C)cc(C(=O)NCCc2csc(C)n2)c1. The molecule has 3 nitrogen and oxygen atoms in total. The number of rotatable bonds is 4. The number of thiazole rings is 1. The molecule has 0 atom stereocenters. The molecule has 0 radical (unpaired) electrons. The van der Waals surface area contributed by atoms with Gasteiger partial charge in [-0.05, 0) is 32.9 Å². The van der Waals surface area contributed by atoms with Gasteiger partial charge in [0, 0.05) is 23.9 Å². The van der Waals surface area contributed by atoms with Gasteiger partial charge in [-0.15, -0.1) is 11.3 Å². The highest BCUT2D eigenvalue weighted by Gasteiger charge is 2.06. The maximum absolute atomic E-state index is 12.0. The van der Waals surface area contributed by atoms with E-state index in [4.69, 9.17) is 0 Å². The van der Waals surface area contributed by atoms with Crippen LogP contribution in [0.5, 0.6) is 0 Å².